The number of ether oxygens (including phenoxy) is 2. The average molecular weight is 269 g/mol. The summed E-state index contributed by atoms with van der Waals surface area (Å²) in [6, 6.07) is 3.64. The van der Waals surface area contributed by atoms with Crippen molar-refractivity contribution in [3.05, 3.63) is 29.6 Å². The second-order valence-corrected chi connectivity index (χ2v) is 3.89. The van der Waals surface area contributed by atoms with E-state index in [4.69, 9.17) is 14.6 Å². The van der Waals surface area contributed by atoms with Crippen LogP contribution in [0, 0.1) is 5.82 Å². The summed E-state index contributed by atoms with van der Waals surface area (Å²) in [7, 11) is 0. The minimum Gasteiger partial charge on any atom is -0.478 e. The van der Waals surface area contributed by atoms with Crippen LogP contribution in [0.3, 0.4) is 0 Å². The molecule has 1 saturated heterocycles. The molecule has 1 atom stereocenters. The van der Waals surface area contributed by atoms with Gasteiger partial charge in [0.2, 0.25) is 0 Å². The average Bonchev–Trinajstić information content (AvgIpc) is 2.39. The largest absolute Gasteiger partial charge is 0.478 e. The van der Waals surface area contributed by atoms with E-state index in [2.05, 4.69) is 5.32 Å². The molecule has 2 N–H and O–H groups in total. The summed E-state index contributed by atoms with van der Waals surface area (Å²) < 4.78 is 23.6. The van der Waals surface area contributed by atoms with Gasteiger partial charge >= 0.3 is 5.97 Å². The Morgan fingerprint density at radius 2 is 2.16 bits per heavy atom. The van der Waals surface area contributed by atoms with Crippen molar-refractivity contribution in [2.75, 3.05) is 25.1 Å². The third-order valence-corrected chi connectivity index (χ3v) is 2.59. The lowest BCUT2D eigenvalue weighted by Crippen LogP contribution is -2.39. The van der Waals surface area contributed by atoms with E-state index in [1.54, 1.807) is 0 Å². The number of aromatic carboxylic acids is 1. The van der Waals surface area contributed by atoms with Crippen molar-refractivity contribution in [2.24, 2.45) is 0 Å². The fraction of sp³-hybridized carbons (Fsp3) is 0.333. The fourth-order valence-corrected chi connectivity index (χ4v) is 1.70. The van der Waals surface area contributed by atoms with Crippen LogP contribution in [0.1, 0.15) is 10.4 Å². The minimum absolute atomic E-state index is 0.0869. The molecule has 0 aliphatic carbocycles. The Bertz CT molecular complexity index is 499. The highest BCUT2D eigenvalue weighted by atomic mass is 19.1. The lowest BCUT2D eigenvalue weighted by Gasteiger charge is -2.22. The molecule has 1 amide bonds. The summed E-state index contributed by atoms with van der Waals surface area (Å²) in [4.78, 5) is 22.8. The SMILES string of the molecule is O=C(O)c1c(F)cccc1NC(=O)C1COCCO1. The molecule has 1 aliphatic heterocycles. The van der Waals surface area contributed by atoms with Crippen LogP contribution in [-0.2, 0) is 14.3 Å². The maximum absolute atomic E-state index is 13.4. The van der Waals surface area contributed by atoms with E-state index >= 15 is 0 Å². The third-order valence-electron chi connectivity index (χ3n) is 2.59. The number of carboxylic acids is 1. The normalized spacial score (nSPS) is 18.9. The Morgan fingerprint density at radius 1 is 1.37 bits per heavy atom. The van der Waals surface area contributed by atoms with Crippen molar-refractivity contribution in [1.82, 2.24) is 0 Å². The van der Waals surface area contributed by atoms with Gasteiger partial charge in [-0.1, -0.05) is 6.07 Å². The Balaban J connectivity index is 2.16. The van der Waals surface area contributed by atoms with Crippen LogP contribution in [0.2, 0.25) is 0 Å². The van der Waals surface area contributed by atoms with Crippen LogP contribution >= 0.6 is 0 Å². The molecule has 1 aromatic carbocycles. The zero-order valence-corrected chi connectivity index (χ0v) is 9.89. The van der Waals surface area contributed by atoms with Gasteiger partial charge in [0.1, 0.15) is 11.4 Å². The fourth-order valence-electron chi connectivity index (χ4n) is 1.70. The van der Waals surface area contributed by atoms with Crippen molar-refractivity contribution >= 4 is 17.6 Å². The highest BCUT2D eigenvalue weighted by molar-refractivity contribution is 6.02. The number of carbonyl (C=O) groups is 2. The van der Waals surface area contributed by atoms with E-state index in [0.29, 0.717) is 6.61 Å². The number of benzene rings is 1. The Hall–Kier alpha value is -1.99. The van der Waals surface area contributed by atoms with Crippen molar-refractivity contribution in [3.8, 4) is 0 Å². The van der Waals surface area contributed by atoms with Crippen LogP contribution < -0.4 is 5.32 Å². The first-order valence-corrected chi connectivity index (χ1v) is 5.61. The number of hydrogen-bond acceptors (Lipinski definition) is 4. The maximum Gasteiger partial charge on any atom is 0.340 e. The molecule has 1 unspecified atom stereocenters. The van der Waals surface area contributed by atoms with Crippen molar-refractivity contribution < 1.29 is 28.6 Å². The predicted molar refractivity (Wildman–Crippen MR) is 62.5 cm³/mol. The number of nitrogens with one attached hydrogen (secondary N) is 1. The first-order chi connectivity index (χ1) is 9.09. The van der Waals surface area contributed by atoms with E-state index in [1.165, 1.54) is 12.1 Å². The standard InChI is InChI=1S/C12H12FNO5/c13-7-2-1-3-8(10(7)12(16)17)14-11(15)9-6-18-4-5-19-9/h1-3,9H,4-6H2,(H,14,15)(H,16,17). The molecular formula is C12H12FNO5. The molecule has 0 saturated carbocycles. The van der Waals surface area contributed by atoms with Gasteiger partial charge in [-0.2, -0.15) is 0 Å². The van der Waals surface area contributed by atoms with Crippen LogP contribution in [0.4, 0.5) is 10.1 Å². The van der Waals surface area contributed by atoms with Gasteiger partial charge in [-0.25, -0.2) is 9.18 Å². The zero-order valence-electron chi connectivity index (χ0n) is 9.89. The molecule has 2 rings (SSSR count). The monoisotopic (exact) mass is 269 g/mol. The number of halogens is 1. The lowest BCUT2D eigenvalue weighted by atomic mass is 10.1. The molecule has 19 heavy (non-hydrogen) atoms. The van der Waals surface area contributed by atoms with E-state index in [0.717, 1.165) is 6.07 Å². The van der Waals surface area contributed by atoms with Gasteiger partial charge in [0.05, 0.1) is 25.5 Å². The minimum atomic E-state index is -1.45. The summed E-state index contributed by atoms with van der Waals surface area (Å²) in [6.45, 7) is 0.778. The number of hydrogen-bond donors (Lipinski definition) is 2. The molecule has 102 valence electrons. The summed E-state index contributed by atoms with van der Waals surface area (Å²) in [5.41, 5.74) is -0.681. The first kappa shape index (κ1) is 13.4. The first-order valence-electron chi connectivity index (χ1n) is 5.61. The maximum atomic E-state index is 13.4. The Kier molecular flexibility index (Phi) is 4.08. The lowest BCUT2D eigenvalue weighted by molar-refractivity contribution is -0.142. The van der Waals surface area contributed by atoms with Crippen molar-refractivity contribution in [1.29, 1.82) is 0 Å². The number of rotatable bonds is 3. The second-order valence-electron chi connectivity index (χ2n) is 3.89. The molecule has 7 heteroatoms. The summed E-state index contributed by atoms with van der Waals surface area (Å²) in [5.74, 6) is -2.92. The summed E-state index contributed by atoms with van der Waals surface area (Å²) in [6.07, 6.45) is -0.821. The van der Waals surface area contributed by atoms with Gasteiger partial charge in [0.25, 0.3) is 5.91 Å². The Labute approximate surface area is 108 Å². The topological polar surface area (TPSA) is 84.9 Å². The van der Waals surface area contributed by atoms with E-state index in [-0.39, 0.29) is 18.9 Å². The molecule has 0 radical (unpaired) electrons. The number of anilines is 1. The van der Waals surface area contributed by atoms with Crippen LogP contribution in [0.25, 0.3) is 0 Å². The second kappa shape index (κ2) is 5.77. The summed E-state index contributed by atoms with van der Waals surface area (Å²) in [5, 5.41) is 11.3. The van der Waals surface area contributed by atoms with Gasteiger partial charge in [-0.15, -0.1) is 0 Å². The highest BCUT2D eigenvalue weighted by Gasteiger charge is 2.25. The zero-order chi connectivity index (χ0) is 13.8. The number of carbonyl (C=O) groups excluding carboxylic acids is 1. The predicted octanol–water partition coefficient (Wildman–Crippen LogP) is 0.878. The van der Waals surface area contributed by atoms with E-state index in [9.17, 15) is 14.0 Å². The third kappa shape index (κ3) is 3.07. The molecule has 1 heterocycles. The summed E-state index contributed by atoms with van der Waals surface area (Å²) >= 11 is 0. The van der Waals surface area contributed by atoms with Gasteiger partial charge in [0, 0.05) is 0 Å². The van der Waals surface area contributed by atoms with E-state index < -0.39 is 29.4 Å². The molecule has 0 aromatic heterocycles. The van der Waals surface area contributed by atoms with Gasteiger partial charge in [-0.05, 0) is 12.1 Å². The smallest absolute Gasteiger partial charge is 0.340 e. The van der Waals surface area contributed by atoms with Gasteiger partial charge in [-0.3, -0.25) is 4.79 Å². The number of amides is 1. The number of carboxylic acid groups (broad SMARTS) is 1. The molecule has 1 aromatic rings. The van der Waals surface area contributed by atoms with Crippen LogP contribution in [0.15, 0.2) is 18.2 Å². The van der Waals surface area contributed by atoms with Gasteiger partial charge < -0.3 is 19.9 Å². The molecular weight excluding hydrogens is 257 g/mol. The highest BCUT2D eigenvalue weighted by Crippen LogP contribution is 2.19. The van der Waals surface area contributed by atoms with Crippen molar-refractivity contribution in [3.63, 3.8) is 0 Å². The molecule has 1 fully saturated rings. The van der Waals surface area contributed by atoms with Crippen LogP contribution in [-0.4, -0.2) is 42.9 Å². The van der Waals surface area contributed by atoms with E-state index in [1.807, 2.05) is 0 Å². The van der Waals surface area contributed by atoms with Gasteiger partial charge in [0.15, 0.2) is 6.10 Å². The molecule has 6 nitrogen and oxygen atoms in total. The molecule has 1 aliphatic rings. The van der Waals surface area contributed by atoms with Crippen molar-refractivity contribution in [2.45, 2.75) is 6.10 Å². The molecule has 0 bridgehead atoms. The molecule has 0 spiro atoms. The quantitative estimate of drug-likeness (QED) is 0.850. The van der Waals surface area contributed by atoms with Crippen LogP contribution in [0.5, 0.6) is 0 Å². The Morgan fingerprint density at radius 3 is 2.79 bits per heavy atom.